The van der Waals surface area contributed by atoms with Crippen LogP contribution in [0.25, 0.3) is 0 Å². The number of nitrogens with zero attached hydrogens (tertiary/aromatic N) is 1. The molecule has 0 aromatic heterocycles. The Labute approximate surface area is 127 Å². The molecule has 0 aliphatic rings. The highest BCUT2D eigenvalue weighted by Crippen LogP contribution is 2.29. The molecule has 3 nitrogen and oxygen atoms in total. The molecule has 104 valence electrons. The first-order valence-corrected chi connectivity index (χ1v) is 7.13. The Morgan fingerprint density at radius 2 is 2.00 bits per heavy atom. The molecule has 2 aromatic carbocycles. The van der Waals surface area contributed by atoms with Crippen molar-refractivity contribution >= 4 is 27.8 Å². The predicted octanol–water partition coefficient (Wildman–Crippen LogP) is 4.69. The maximum atomic E-state index is 9.77. The molecule has 0 fully saturated rings. The van der Waals surface area contributed by atoms with Crippen molar-refractivity contribution in [1.29, 1.82) is 0 Å². The fourth-order valence-electron chi connectivity index (χ4n) is 1.69. The van der Waals surface area contributed by atoms with Gasteiger partial charge in [-0.25, -0.2) is 0 Å². The highest BCUT2D eigenvalue weighted by molar-refractivity contribution is 9.10. The Morgan fingerprint density at radius 1 is 1.20 bits per heavy atom. The molecule has 2 rings (SSSR count). The third-order valence-electron chi connectivity index (χ3n) is 2.52. The number of aromatic hydroxyl groups is 1. The number of hydrogen-bond acceptors (Lipinski definition) is 3. The first-order valence-electron chi connectivity index (χ1n) is 6.34. The van der Waals surface area contributed by atoms with E-state index in [1.807, 2.05) is 44.2 Å². The summed E-state index contributed by atoms with van der Waals surface area (Å²) in [5.74, 6) is 0.953. The first-order chi connectivity index (χ1) is 9.54. The van der Waals surface area contributed by atoms with Gasteiger partial charge in [-0.1, -0.05) is 28.1 Å². The van der Waals surface area contributed by atoms with Crippen LogP contribution in [0.4, 0.5) is 5.69 Å². The van der Waals surface area contributed by atoms with Gasteiger partial charge in [0.15, 0.2) is 0 Å². The van der Waals surface area contributed by atoms with Crippen LogP contribution in [0, 0.1) is 0 Å². The van der Waals surface area contributed by atoms with Crippen LogP contribution in [0.3, 0.4) is 0 Å². The van der Waals surface area contributed by atoms with E-state index in [9.17, 15) is 5.11 Å². The Kier molecular flexibility index (Phi) is 4.79. The molecule has 0 saturated heterocycles. The van der Waals surface area contributed by atoms with E-state index >= 15 is 0 Å². The van der Waals surface area contributed by atoms with E-state index < -0.39 is 0 Å². The van der Waals surface area contributed by atoms with Crippen molar-refractivity contribution < 1.29 is 9.84 Å². The molecular formula is C16H16BrNO2. The summed E-state index contributed by atoms with van der Waals surface area (Å²) in [5.41, 5.74) is 1.45. The number of aliphatic imine (C=N–C) groups is 1. The van der Waals surface area contributed by atoms with Crippen LogP contribution in [-0.4, -0.2) is 17.4 Å². The van der Waals surface area contributed by atoms with Gasteiger partial charge in [0.25, 0.3) is 0 Å². The van der Waals surface area contributed by atoms with E-state index in [1.165, 1.54) is 0 Å². The normalized spacial score (nSPS) is 11.2. The van der Waals surface area contributed by atoms with Gasteiger partial charge in [0, 0.05) is 10.7 Å². The minimum Gasteiger partial charge on any atom is -0.506 e. The van der Waals surface area contributed by atoms with Crippen LogP contribution in [0.5, 0.6) is 11.5 Å². The lowest BCUT2D eigenvalue weighted by Crippen LogP contribution is -2.05. The van der Waals surface area contributed by atoms with Gasteiger partial charge in [0.2, 0.25) is 0 Å². The maximum Gasteiger partial charge on any atom is 0.142 e. The maximum absolute atomic E-state index is 9.77. The van der Waals surface area contributed by atoms with Gasteiger partial charge < -0.3 is 9.84 Å². The van der Waals surface area contributed by atoms with Crippen LogP contribution >= 0.6 is 15.9 Å². The molecule has 0 atom stereocenters. The van der Waals surface area contributed by atoms with Crippen molar-refractivity contribution in [2.24, 2.45) is 4.99 Å². The molecule has 1 N–H and O–H groups in total. The molecular weight excluding hydrogens is 318 g/mol. The highest BCUT2D eigenvalue weighted by Gasteiger charge is 2.00. The van der Waals surface area contributed by atoms with Gasteiger partial charge in [-0.2, -0.15) is 0 Å². The third-order valence-corrected chi connectivity index (χ3v) is 3.01. The quantitative estimate of drug-likeness (QED) is 0.824. The average Bonchev–Trinajstić information content (AvgIpc) is 2.37. The van der Waals surface area contributed by atoms with Crippen LogP contribution < -0.4 is 4.74 Å². The van der Waals surface area contributed by atoms with Crippen molar-refractivity contribution in [3.8, 4) is 11.5 Å². The molecule has 0 saturated carbocycles. The molecule has 0 heterocycles. The summed E-state index contributed by atoms with van der Waals surface area (Å²) >= 11 is 3.30. The molecule has 0 bridgehead atoms. The fraction of sp³-hybridized carbons (Fsp3) is 0.188. The van der Waals surface area contributed by atoms with Crippen LogP contribution in [0.1, 0.15) is 19.4 Å². The van der Waals surface area contributed by atoms with Gasteiger partial charge >= 0.3 is 0 Å². The van der Waals surface area contributed by atoms with Gasteiger partial charge in [0.1, 0.15) is 17.2 Å². The van der Waals surface area contributed by atoms with Crippen molar-refractivity contribution in [2.75, 3.05) is 0 Å². The number of rotatable bonds is 4. The van der Waals surface area contributed by atoms with Crippen LogP contribution in [0.15, 0.2) is 51.9 Å². The van der Waals surface area contributed by atoms with Gasteiger partial charge in [0.05, 0.1) is 6.10 Å². The van der Waals surface area contributed by atoms with E-state index in [2.05, 4.69) is 20.9 Å². The largest absolute Gasteiger partial charge is 0.506 e. The summed E-state index contributed by atoms with van der Waals surface area (Å²) in [6.07, 6.45) is 1.84. The zero-order valence-electron chi connectivity index (χ0n) is 11.4. The number of phenols is 1. The Balaban J connectivity index is 2.18. The molecule has 0 aliphatic carbocycles. The Hall–Kier alpha value is -1.81. The molecule has 0 unspecified atom stereocenters. The van der Waals surface area contributed by atoms with Crippen molar-refractivity contribution in [1.82, 2.24) is 0 Å². The topological polar surface area (TPSA) is 41.8 Å². The number of hydrogen-bond donors (Lipinski definition) is 1. The summed E-state index contributed by atoms with van der Waals surface area (Å²) < 4.78 is 6.45. The van der Waals surface area contributed by atoms with Gasteiger partial charge in [-0.05, 0) is 49.7 Å². The van der Waals surface area contributed by atoms with E-state index in [1.54, 1.807) is 18.3 Å². The molecule has 0 amide bonds. The first kappa shape index (κ1) is 14.6. The lowest BCUT2D eigenvalue weighted by atomic mass is 10.2. The van der Waals surface area contributed by atoms with E-state index in [4.69, 9.17) is 4.74 Å². The monoisotopic (exact) mass is 333 g/mol. The third kappa shape index (κ3) is 4.10. The van der Waals surface area contributed by atoms with Crippen LogP contribution in [0.2, 0.25) is 0 Å². The second-order valence-electron chi connectivity index (χ2n) is 4.63. The number of phenolic OH excluding ortho intramolecular Hbond substituents is 1. The van der Waals surface area contributed by atoms with E-state index in [-0.39, 0.29) is 11.9 Å². The molecule has 20 heavy (non-hydrogen) atoms. The summed E-state index contributed by atoms with van der Waals surface area (Å²) in [5, 5.41) is 9.77. The van der Waals surface area contributed by atoms with Crippen molar-refractivity contribution in [2.45, 2.75) is 20.0 Å². The number of halogens is 1. The Bertz CT molecular complexity index is 624. The molecule has 2 aromatic rings. The van der Waals surface area contributed by atoms with Crippen molar-refractivity contribution in [3.63, 3.8) is 0 Å². The minimum atomic E-state index is 0.137. The summed E-state index contributed by atoms with van der Waals surface area (Å²) in [6, 6.07) is 12.9. The SMILES string of the molecule is CC(C)Oc1cccc(C=Nc2ccc(Br)cc2O)c1. The fourth-order valence-corrected chi connectivity index (χ4v) is 2.04. The van der Waals surface area contributed by atoms with Crippen LogP contribution in [-0.2, 0) is 0 Å². The molecule has 0 aliphatic heterocycles. The highest BCUT2D eigenvalue weighted by atomic mass is 79.9. The molecule has 0 radical (unpaired) electrons. The molecule has 0 spiro atoms. The van der Waals surface area contributed by atoms with E-state index in [0.29, 0.717) is 5.69 Å². The van der Waals surface area contributed by atoms with Crippen molar-refractivity contribution in [3.05, 3.63) is 52.5 Å². The Morgan fingerprint density at radius 3 is 2.70 bits per heavy atom. The van der Waals surface area contributed by atoms with E-state index in [0.717, 1.165) is 15.8 Å². The zero-order valence-corrected chi connectivity index (χ0v) is 13.0. The molecule has 4 heteroatoms. The average molecular weight is 334 g/mol. The lowest BCUT2D eigenvalue weighted by molar-refractivity contribution is 0.242. The minimum absolute atomic E-state index is 0.137. The smallest absolute Gasteiger partial charge is 0.142 e. The second-order valence-corrected chi connectivity index (χ2v) is 5.55. The number of benzene rings is 2. The van der Waals surface area contributed by atoms with Gasteiger partial charge in [-0.15, -0.1) is 0 Å². The summed E-state index contributed by atoms with van der Waals surface area (Å²) in [6.45, 7) is 3.97. The number of ether oxygens (including phenoxy) is 1. The summed E-state index contributed by atoms with van der Waals surface area (Å²) in [4.78, 5) is 4.29. The summed E-state index contributed by atoms with van der Waals surface area (Å²) in [7, 11) is 0. The predicted molar refractivity (Wildman–Crippen MR) is 85.3 cm³/mol. The second kappa shape index (κ2) is 6.57. The zero-order chi connectivity index (χ0) is 14.5. The lowest BCUT2D eigenvalue weighted by Gasteiger charge is -2.09. The van der Waals surface area contributed by atoms with Gasteiger partial charge in [-0.3, -0.25) is 4.99 Å². The standard InChI is InChI=1S/C16H16BrNO2/c1-11(2)20-14-5-3-4-12(8-14)10-18-15-7-6-13(17)9-16(15)19/h3-11,19H,1-2H3.